The van der Waals surface area contributed by atoms with Crippen molar-refractivity contribution in [3.8, 4) is 0 Å². The zero-order valence-corrected chi connectivity index (χ0v) is 10.7. The molecule has 2 aromatic rings. The summed E-state index contributed by atoms with van der Waals surface area (Å²) in [5, 5.41) is 9.91. The van der Waals surface area contributed by atoms with Gasteiger partial charge in [0.1, 0.15) is 0 Å². The van der Waals surface area contributed by atoms with E-state index in [4.69, 9.17) is 0 Å². The number of amides is 1. The van der Waals surface area contributed by atoms with E-state index in [0.717, 1.165) is 6.42 Å². The molecule has 8 heteroatoms. The van der Waals surface area contributed by atoms with Crippen LogP contribution in [0, 0.1) is 0 Å². The molecule has 0 aliphatic carbocycles. The summed E-state index contributed by atoms with van der Waals surface area (Å²) < 4.78 is 24.5. The molecule has 2 aromatic heterocycles. The minimum absolute atomic E-state index is 0.114. The lowest BCUT2D eigenvalue weighted by atomic mass is 10.2. The van der Waals surface area contributed by atoms with Crippen LogP contribution in [-0.2, 0) is 11.2 Å². The van der Waals surface area contributed by atoms with Crippen molar-refractivity contribution in [2.45, 2.75) is 25.7 Å². The minimum atomic E-state index is -2.73. The highest BCUT2D eigenvalue weighted by molar-refractivity contribution is 7.09. The highest BCUT2D eigenvalue weighted by Crippen LogP contribution is 2.15. The van der Waals surface area contributed by atoms with Crippen LogP contribution in [0.5, 0.6) is 0 Å². The SMILES string of the molecule is O=C(CCCc1cccs1)Nc1n[nH]c(C(F)F)n1. The maximum absolute atomic E-state index is 12.2. The topological polar surface area (TPSA) is 70.7 Å². The molecule has 0 aliphatic rings. The molecule has 0 aliphatic heterocycles. The number of anilines is 1. The van der Waals surface area contributed by atoms with Gasteiger partial charge < -0.3 is 0 Å². The predicted octanol–water partition coefficient (Wildman–Crippen LogP) is 2.77. The summed E-state index contributed by atoms with van der Waals surface area (Å²) in [4.78, 5) is 16.2. The summed E-state index contributed by atoms with van der Waals surface area (Å²) in [7, 11) is 0. The molecule has 1 amide bonds. The van der Waals surface area contributed by atoms with Crippen LogP contribution >= 0.6 is 11.3 Å². The molecule has 5 nitrogen and oxygen atoms in total. The van der Waals surface area contributed by atoms with Gasteiger partial charge in [-0.25, -0.2) is 8.78 Å². The summed E-state index contributed by atoms with van der Waals surface area (Å²) in [5.74, 6) is -0.943. The number of hydrogen-bond acceptors (Lipinski definition) is 4. The van der Waals surface area contributed by atoms with Gasteiger partial charge in [-0.3, -0.25) is 15.2 Å². The van der Waals surface area contributed by atoms with Gasteiger partial charge in [0.2, 0.25) is 11.9 Å². The van der Waals surface area contributed by atoms with Gasteiger partial charge in [0.15, 0.2) is 5.82 Å². The molecular formula is C11H12F2N4OS. The average Bonchev–Trinajstić information content (AvgIpc) is 3.00. The van der Waals surface area contributed by atoms with E-state index < -0.39 is 12.2 Å². The zero-order chi connectivity index (χ0) is 13.7. The molecule has 19 heavy (non-hydrogen) atoms. The second-order valence-electron chi connectivity index (χ2n) is 3.83. The van der Waals surface area contributed by atoms with Gasteiger partial charge in [-0.15, -0.1) is 16.4 Å². The van der Waals surface area contributed by atoms with Crippen LogP contribution in [0.3, 0.4) is 0 Å². The molecule has 0 saturated heterocycles. The van der Waals surface area contributed by atoms with Gasteiger partial charge in [-0.2, -0.15) is 4.98 Å². The van der Waals surface area contributed by atoms with Crippen LogP contribution in [0.15, 0.2) is 17.5 Å². The van der Waals surface area contributed by atoms with E-state index in [9.17, 15) is 13.6 Å². The van der Waals surface area contributed by atoms with Crippen LogP contribution in [0.25, 0.3) is 0 Å². The van der Waals surface area contributed by atoms with E-state index in [1.165, 1.54) is 4.88 Å². The van der Waals surface area contributed by atoms with Crippen LogP contribution in [0.1, 0.15) is 30.0 Å². The average molecular weight is 286 g/mol. The van der Waals surface area contributed by atoms with Crippen molar-refractivity contribution in [3.63, 3.8) is 0 Å². The lowest BCUT2D eigenvalue weighted by Crippen LogP contribution is -2.12. The quantitative estimate of drug-likeness (QED) is 0.857. The number of halogens is 2. The van der Waals surface area contributed by atoms with Crippen molar-refractivity contribution in [2.75, 3.05) is 5.32 Å². The van der Waals surface area contributed by atoms with Gasteiger partial charge in [0.05, 0.1) is 0 Å². The van der Waals surface area contributed by atoms with Gasteiger partial charge in [0, 0.05) is 11.3 Å². The first-order valence-corrected chi connectivity index (χ1v) is 6.56. The van der Waals surface area contributed by atoms with Crippen LogP contribution in [-0.4, -0.2) is 21.1 Å². The summed E-state index contributed by atoms with van der Waals surface area (Å²) in [6.07, 6.45) is -0.909. The molecule has 2 rings (SSSR count). The molecule has 0 unspecified atom stereocenters. The number of thiophene rings is 1. The maximum atomic E-state index is 12.2. The maximum Gasteiger partial charge on any atom is 0.296 e. The number of H-pyrrole nitrogens is 1. The standard InChI is InChI=1S/C11H12F2N4OS/c12-9(13)10-15-11(17-16-10)14-8(18)5-1-3-7-4-2-6-19-7/h2,4,6,9H,1,3,5H2,(H2,14,15,16,17,18). The number of carbonyl (C=O) groups is 1. The molecule has 0 radical (unpaired) electrons. The Labute approximate surface area is 112 Å². The van der Waals surface area contributed by atoms with E-state index >= 15 is 0 Å². The molecule has 0 fully saturated rings. The second-order valence-corrected chi connectivity index (χ2v) is 4.86. The van der Waals surface area contributed by atoms with Crippen molar-refractivity contribution in [3.05, 3.63) is 28.2 Å². The number of aryl methyl sites for hydroxylation is 1. The van der Waals surface area contributed by atoms with Crippen molar-refractivity contribution >= 4 is 23.2 Å². The highest BCUT2D eigenvalue weighted by Gasteiger charge is 2.14. The second kappa shape index (κ2) is 6.37. The number of nitrogens with zero attached hydrogens (tertiary/aromatic N) is 2. The van der Waals surface area contributed by atoms with Gasteiger partial charge in [-0.05, 0) is 24.3 Å². The van der Waals surface area contributed by atoms with Crippen molar-refractivity contribution in [1.82, 2.24) is 15.2 Å². The third kappa shape index (κ3) is 4.09. The van der Waals surface area contributed by atoms with E-state index in [-0.39, 0.29) is 11.9 Å². The fourth-order valence-corrected chi connectivity index (χ4v) is 2.24. The molecule has 0 saturated carbocycles. The largest absolute Gasteiger partial charge is 0.296 e. The Bertz CT molecular complexity index is 527. The first-order chi connectivity index (χ1) is 9.15. The van der Waals surface area contributed by atoms with Crippen molar-refractivity contribution in [2.24, 2.45) is 0 Å². The molecule has 0 bridgehead atoms. The van der Waals surface area contributed by atoms with Crippen molar-refractivity contribution < 1.29 is 13.6 Å². The highest BCUT2D eigenvalue weighted by atomic mass is 32.1. The number of rotatable bonds is 6. The molecule has 0 spiro atoms. The summed E-state index contributed by atoms with van der Waals surface area (Å²) in [6.45, 7) is 0. The zero-order valence-electron chi connectivity index (χ0n) is 9.90. The lowest BCUT2D eigenvalue weighted by Gasteiger charge is -2.00. The third-order valence-corrected chi connectivity index (χ3v) is 3.30. The Morgan fingerprint density at radius 3 is 3.00 bits per heavy atom. The minimum Gasteiger partial charge on any atom is -0.293 e. The van der Waals surface area contributed by atoms with Crippen LogP contribution in [0.2, 0.25) is 0 Å². The Hall–Kier alpha value is -1.83. The van der Waals surface area contributed by atoms with Crippen LogP contribution < -0.4 is 5.32 Å². The predicted molar refractivity (Wildman–Crippen MR) is 67.2 cm³/mol. The summed E-state index contributed by atoms with van der Waals surface area (Å²) in [6, 6.07) is 3.96. The van der Waals surface area contributed by atoms with E-state index in [1.807, 2.05) is 17.5 Å². The first kappa shape index (κ1) is 13.6. The number of nitrogens with one attached hydrogen (secondary N) is 2. The Morgan fingerprint density at radius 2 is 2.37 bits per heavy atom. The number of aromatic nitrogens is 3. The lowest BCUT2D eigenvalue weighted by molar-refractivity contribution is -0.116. The monoisotopic (exact) mass is 286 g/mol. The Kier molecular flexibility index (Phi) is 4.56. The Morgan fingerprint density at radius 1 is 1.53 bits per heavy atom. The normalized spacial score (nSPS) is 10.9. The number of alkyl halides is 2. The first-order valence-electron chi connectivity index (χ1n) is 5.68. The summed E-state index contributed by atoms with van der Waals surface area (Å²) in [5.41, 5.74) is 0. The fourth-order valence-electron chi connectivity index (χ4n) is 1.49. The van der Waals surface area contributed by atoms with Gasteiger partial charge in [-0.1, -0.05) is 6.07 Å². The molecule has 0 atom stereocenters. The smallest absolute Gasteiger partial charge is 0.293 e. The van der Waals surface area contributed by atoms with Gasteiger partial charge in [0.25, 0.3) is 6.43 Å². The molecule has 2 heterocycles. The Balaban J connectivity index is 1.74. The van der Waals surface area contributed by atoms with Crippen molar-refractivity contribution in [1.29, 1.82) is 0 Å². The van der Waals surface area contributed by atoms with E-state index in [2.05, 4.69) is 20.5 Å². The number of hydrogen-bond donors (Lipinski definition) is 2. The third-order valence-electron chi connectivity index (χ3n) is 2.37. The fraction of sp³-hybridized carbons (Fsp3) is 0.364. The van der Waals surface area contributed by atoms with Crippen LogP contribution in [0.4, 0.5) is 14.7 Å². The molecule has 102 valence electrons. The molecule has 0 aromatic carbocycles. The van der Waals surface area contributed by atoms with E-state index in [1.54, 1.807) is 11.3 Å². The summed E-state index contributed by atoms with van der Waals surface area (Å²) >= 11 is 1.64. The van der Waals surface area contributed by atoms with E-state index in [0.29, 0.717) is 12.8 Å². The number of carbonyl (C=O) groups excluding carboxylic acids is 1. The molecular weight excluding hydrogens is 274 g/mol. The number of aromatic amines is 1. The molecule has 2 N–H and O–H groups in total. The van der Waals surface area contributed by atoms with Gasteiger partial charge >= 0.3 is 0 Å².